The van der Waals surface area contributed by atoms with Gasteiger partial charge in [0, 0.05) is 19.3 Å². The van der Waals surface area contributed by atoms with Crippen LogP contribution in [-0.4, -0.2) is 37.2 Å². The van der Waals surface area contributed by atoms with Crippen molar-refractivity contribution in [3.05, 3.63) is 109 Å². The summed E-state index contributed by atoms with van der Waals surface area (Å²) in [5.74, 6) is -0.887. The van der Waals surface area contributed by atoms with Crippen LogP contribution in [-0.2, 0) is 28.6 Å². The zero-order chi connectivity index (χ0) is 57.8. The van der Waals surface area contributed by atoms with Crippen LogP contribution in [0.5, 0.6) is 0 Å². The van der Waals surface area contributed by atoms with Gasteiger partial charge in [0.1, 0.15) is 13.2 Å². The van der Waals surface area contributed by atoms with Gasteiger partial charge in [-0.05, 0) is 128 Å². The Kier molecular flexibility index (Phi) is 64.3. The maximum atomic E-state index is 12.9. The molecule has 0 N–H and O–H groups in total. The second kappa shape index (κ2) is 67.6. The standard InChI is InChI=1S/C74H126O6/c1-4-7-10-13-16-19-22-25-27-29-31-32-33-34-35-36-37-38-39-40-41-42-44-45-47-49-52-55-58-61-64-67-73(76)79-70-71(69-78-72(75)66-63-60-57-54-51-24-21-18-15-12-9-6-3)80-74(77)68-65-62-59-56-53-50-48-46-43-30-28-26-23-20-17-14-11-8-5-2/h7,10,16-21,25-28,31-32,34-35,37-38,71H,4-6,8-9,11-15,22-24,29-30,33,36,39-70H2,1-3H3/b10-7-,19-16-,20-17-,21-18-,27-25-,28-26-,32-31-,35-34-,38-37-. The molecule has 0 aromatic heterocycles. The third kappa shape index (κ3) is 64.9. The average Bonchev–Trinajstić information content (AvgIpc) is 3.46. The van der Waals surface area contributed by atoms with Crippen molar-refractivity contribution in [3.8, 4) is 0 Å². The topological polar surface area (TPSA) is 78.9 Å². The smallest absolute Gasteiger partial charge is 0.306 e. The van der Waals surface area contributed by atoms with Gasteiger partial charge in [-0.1, -0.05) is 284 Å². The summed E-state index contributed by atoms with van der Waals surface area (Å²) in [7, 11) is 0. The third-order valence-corrected chi connectivity index (χ3v) is 14.5. The van der Waals surface area contributed by atoms with Gasteiger partial charge < -0.3 is 14.2 Å². The molecule has 0 fully saturated rings. The Morgan fingerprint density at radius 2 is 0.487 bits per heavy atom. The monoisotopic (exact) mass is 1110 g/mol. The van der Waals surface area contributed by atoms with E-state index in [0.717, 1.165) is 109 Å². The lowest BCUT2D eigenvalue weighted by atomic mass is 10.0. The van der Waals surface area contributed by atoms with Crippen molar-refractivity contribution in [1.29, 1.82) is 0 Å². The highest BCUT2D eigenvalue weighted by Crippen LogP contribution is 2.16. The molecular formula is C74H126O6. The average molecular weight is 1110 g/mol. The van der Waals surface area contributed by atoms with Crippen LogP contribution in [0.2, 0.25) is 0 Å². The molecule has 458 valence electrons. The molecule has 1 unspecified atom stereocenters. The van der Waals surface area contributed by atoms with Gasteiger partial charge in [-0.2, -0.15) is 0 Å². The zero-order valence-corrected chi connectivity index (χ0v) is 52.6. The van der Waals surface area contributed by atoms with E-state index in [2.05, 4.69) is 130 Å². The Bertz CT molecular complexity index is 1610. The molecule has 0 aromatic rings. The molecule has 0 aromatic carbocycles. The first-order chi connectivity index (χ1) is 39.5. The molecular weight excluding hydrogens is 985 g/mol. The SMILES string of the molecule is CC/C=C\C/C=C\C/C=C\C/C=C\C/C=C\C/C=C\CCCCCCCCCCCCCCC(=O)OCC(COC(=O)CCCCCCC/C=C\CCCCC)OC(=O)CCCCCCCCCCC/C=C\C/C=C\CCCCC. The third-order valence-electron chi connectivity index (χ3n) is 14.5. The molecule has 80 heavy (non-hydrogen) atoms. The molecule has 0 radical (unpaired) electrons. The van der Waals surface area contributed by atoms with Crippen LogP contribution < -0.4 is 0 Å². The van der Waals surface area contributed by atoms with Gasteiger partial charge in [-0.15, -0.1) is 0 Å². The summed E-state index contributed by atoms with van der Waals surface area (Å²) < 4.78 is 16.9. The molecule has 6 nitrogen and oxygen atoms in total. The zero-order valence-electron chi connectivity index (χ0n) is 52.6. The lowest BCUT2D eigenvalue weighted by Gasteiger charge is -2.18. The number of unbranched alkanes of at least 4 members (excludes halogenated alkanes) is 32. The summed E-state index contributed by atoms with van der Waals surface area (Å²) in [4.78, 5) is 38.3. The van der Waals surface area contributed by atoms with E-state index in [0.29, 0.717) is 19.3 Å². The van der Waals surface area contributed by atoms with Crippen molar-refractivity contribution in [2.24, 2.45) is 0 Å². The highest BCUT2D eigenvalue weighted by Gasteiger charge is 2.19. The first kappa shape index (κ1) is 76.1. The van der Waals surface area contributed by atoms with Crippen LogP contribution >= 0.6 is 0 Å². The van der Waals surface area contributed by atoms with Crippen molar-refractivity contribution >= 4 is 17.9 Å². The minimum Gasteiger partial charge on any atom is -0.462 e. The largest absolute Gasteiger partial charge is 0.462 e. The second-order valence-corrected chi connectivity index (χ2v) is 22.3. The molecule has 0 saturated heterocycles. The molecule has 0 heterocycles. The summed E-state index contributed by atoms with van der Waals surface area (Å²) >= 11 is 0. The number of carbonyl (C=O) groups excluding carboxylic acids is 3. The number of carbonyl (C=O) groups is 3. The van der Waals surface area contributed by atoms with Crippen LogP contribution in [0.15, 0.2) is 109 Å². The van der Waals surface area contributed by atoms with Gasteiger partial charge in [0.05, 0.1) is 0 Å². The summed E-state index contributed by atoms with van der Waals surface area (Å²) in [5, 5.41) is 0. The molecule has 0 bridgehead atoms. The second-order valence-electron chi connectivity index (χ2n) is 22.3. The Morgan fingerprint density at radius 1 is 0.263 bits per heavy atom. The van der Waals surface area contributed by atoms with Gasteiger partial charge in [0.15, 0.2) is 6.10 Å². The number of ether oxygens (including phenoxy) is 3. The molecule has 1 atom stereocenters. The minimum absolute atomic E-state index is 0.0821. The van der Waals surface area contributed by atoms with Gasteiger partial charge in [-0.25, -0.2) is 0 Å². The van der Waals surface area contributed by atoms with E-state index >= 15 is 0 Å². The van der Waals surface area contributed by atoms with E-state index in [4.69, 9.17) is 14.2 Å². The Balaban J connectivity index is 4.24. The fourth-order valence-electron chi connectivity index (χ4n) is 9.41. The summed E-state index contributed by atoms with van der Waals surface area (Å²) in [6.07, 6.45) is 92.5. The summed E-state index contributed by atoms with van der Waals surface area (Å²) in [6.45, 7) is 6.49. The van der Waals surface area contributed by atoms with E-state index in [1.807, 2.05) is 0 Å². The number of rotatable bonds is 61. The highest BCUT2D eigenvalue weighted by molar-refractivity contribution is 5.71. The van der Waals surface area contributed by atoms with Crippen LogP contribution in [0.25, 0.3) is 0 Å². The fraction of sp³-hybridized carbons (Fsp3) is 0.716. The van der Waals surface area contributed by atoms with Crippen molar-refractivity contribution in [1.82, 2.24) is 0 Å². The van der Waals surface area contributed by atoms with E-state index < -0.39 is 6.10 Å². The summed E-state index contributed by atoms with van der Waals surface area (Å²) in [5.41, 5.74) is 0. The van der Waals surface area contributed by atoms with E-state index in [1.165, 1.54) is 173 Å². The van der Waals surface area contributed by atoms with Crippen molar-refractivity contribution < 1.29 is 28.6 Å². The maximum Gasteiger partial charge on any atom is 0.306 e. The minimum atomic E-state index is -0.786. The molecule has 0 aliphatic heterocycles. The number of hydrogen-bond acceptors (Lipinski definition) is 6. The van der Waals surface area contributed by atoms with Crippen molar-refractivity contribution in [2.45, 2.75) is 329 Å². The Morgan fingerprint density at radius 3 is 0.775 bits per heavy atom. The molecule has 0 aliphatic carbocycles. The predicted octanol–water partition coefficient (Wildman–Crippen LogP) is 23.4. The first-order valence-electron chi connectivity index (χ1n) is 33.9. The van der Waals surface area contributed by atoms with Crippen LogP contribution in [0.3, 0.4) is 0 Å². The summed E-state index contributed by atoms with van der Waals surface area (Å²) in [6, 6.07) is 0. The maximum absolute atomic E-state index is 12.9. The normalized spacial score (nSPS) is 12.8. The Hall–Kier alpha value is -3.93. The molecule has 0 saturated carbocycles. The number of hydrogen-bond donors (Lipinski definition) is 0. The fourth-order valence-corrected chi connectivity index (χ4v) is 9.41. The molecule has 0 amide bonds. The quantitative estimate of drug-likeness (QED) is 0.0261. The molecule has 6 heteroatoms. The lowest BCUT2D eigenvalue weighted by molar-refractivity contribution is -0.167. The van der Waals surface area contributed by atoms with Crippen LogP contribution in [0.1, 0.15) is 323 Å². The predicted molar refractivity (Wildman–Crippen MR) is 348 cm³/mol. The first-order valence-corrected chi connectivity index (χ1v) is 33.9. The van der Waals surface area contributed by atoms with Gasteiger partial charge >= 0.3 is 17.9 Å². The molecule has 0 rings (SSSR count). The molecule has 0 aliphatic rings. The van der Waals surface area contributed by atoms with E-state index in [1.54, 1.807) is 0 Å². The van der Waals surface area contributed by atoms with Gasteiger partial charge in [0.2, 0.25) is 0 Å². The van der Waals surface area contributed by atoms with Gasteiger partial charge in [-0.3, -0.25) is 14.4 Å². The lowest BCUT2D eigenvalue weighted by Crippen LogP contribution is -2.30. The molecule has 0 spiro atoms. The van der Waals surface area contributed by atoms with Crippen LogP contribution in [0, 0.1) is 0 Å². The highest BCUT2D eigenvalue weighted by atomic mass is 16.6. The Labute approximate surface area is 495 Å². The number of esters is 3. The van der Waals surface area contributed by atoms with Gasteiger partial charge in [0.25, 0.3) is 0 Å². The van der Waals surface area contributed by atoms with E-state index in [9.17, 15) is 14.4 Å². The van der Waals surface area contributed by atoms with Crippen molar-refractivity contribution in [3.63, 3.8) is 0 Å². The van der Waals surface area contributed by atoms with E-state index in [-0.39, 0.29) is 31.1 Å². The van der Waals surface area contributed by atoms with Crippen LogP contribution in [0.4, 0.5) is 0 Å². The number of allylic oxidation sites excluding steroid dienone is 18. The van der Waals surface area contributed by atoms with Crippen molar-refractivity contribution in [2.75, 3.05) is 13.2 Å².